The van der Waals surface area contributed by atoms with E-state index < -0.39 is 0 Å². The molecule has 0 fully saturated rings. The van der Waals surface area contributed by atoms with Crippen LogP contribution in [0.3, 0.4) is 0 Å². The molecule has 108 valence electrons. The van der Waals surface area contributed by atoms with Crippen molar-refractivity contribution in [2.24, 2.45) is 0 Å². The van der Waals surface area contributed by atoms with Crippen LogP contribution in [0.25, 0.3) is 10.8 Å². The second-order valence-electron chi connectivity index (χ2n) is 5.47. The molecule has 3 aromatic rings. The first-order valence-electron chi connectivity index (χ1n) is 7.54. The zero-order valence-electron chi connectivity index (χ0n) is 12.7. The van der Waals surface area contributed by atoms with Crippen molar-refractivity contribution in [1.29, 1.82) is 0 Å². The average Bonchev–Trinajstić information content (AvgIpc) is 2.59. The molecule has 1 heteroatoms. The van der Waals surface area contributed by atoms with E-state index in [0.29, 0.717) is 0 Å². The smallest absolute Gasteiger partial charge is 0.0947 e. The van der Waals surface area contributed by atoms with Crippen LogP contribution in [0.1, 0.15) is 30.1 Å². The molecular formula is C21H19N. The van der Waals surface area contributed by atoms with E-state index in [9.17, 15) is 0 Å². The summed E-state index contributed by atoms with van der Waals surface area (Å²) in [7, 11) is 0. The molecule has 0 saturated heterocycles. The standard InChI is InChI=1S/C21H19N/c1-3-21(18-11-5-4-6-12-18)22-16(2)19-15-9-13-17-10-7-8-14-20(17)19/h1,4-16,21-22H,2H3. The molecule has 2 atom stereocenters. The highest BCUT2D eigenvalue weighted by atomic mass is 14.9. The number of benzene rings is 3. The van der Waals surface area contributed by atoms with E-state index in [1.54, 1.807) is 0 Å². The van der Waals surface area contributed by atoms with E-state index in [2.05, 4.69) is 72.8 Å². The lowest BCUT2D eigenvalue weighted by atomic mass is 9.98. The molecule has 0 radical (unpaired) electrons. The minimum Gasteiger partial charge on any atom is -0.293 e. The highest BCUT2D eigenvalue weighted by Gasteiger charge is 2.14. The first kappa shape index (κ1) is 14.4. The fraction of sp³-hybridized carbons (Fsp3) is 0.143. The van der Waals surface area contributed by atoms with Crippen molar-refractivity contribution in [1.82, 2.24) is 5.32 Å². The predicted octanol–water partition coefficient (Wildman–Crippen LogP) is 4.86. The second-order valence-corrected chi connectivity index (χ2v) is 5.47. The quantitative estimate of drug-likeness (QED) is 0.675. The van der Waals surface area contributed by atoms with Gasteiger partial charge in [-0.25, -0.2) is 0 Å². The van der Waals surface area contributed by atoms with Gasteiger partial charge in [-0.05, 0) is 28.8 Å². The summed E-state index contributed by atoms with van der Waals surface area (Å²) in [5.74, 6) is 2.86. The number of hydrogen-bond acceptors (Lipinski definition) is 1. The van der Waals surface area contributed by atoms with Crippen LogP contribution in [0, 0.1) is 12.3 Å². The van der Waals surface area contributed by atoms with Gasteiger partial charge in [0, 0.05) is 6.04 Å². The summed E-state index contributed by atoms with van der Waals surface area (Å²) in [5, 5.41) is 6.08. The molecule has 0 heterocycles. The van der Waals surface area contributed by atoms with Crippen molar-refractivity contribution in [2.45, 2.75) is 19.0 Å². The van der Waals surface area contributed by atoms with Crippen LogP contribution in [0.5, 0.6) is 0 Å². The third-order valence-corrected chi connectivity index (χ3v) is 4.01. The van der Waals surface area contributed by atoms with E-state index >= 15 is 0 Å². The SMILES string of the molecule is C#CC(NC(C)c1cccc2ccccc12)c1ccccc1. The maximum absolute atomic E-state index is 5.73. The molecule has 1 N–H and O–H groups in total. The van der Waals surface area contributed by atoms with Gasteiger partial charge in [0.1, 0.15) is 0 Å². The molecule has 1 nitrogen and oxygen atoms in total. The van der Waals surface area contributed by atoms with Gasteiger partial charge in [0.05, 0.1) is 6.04 Å². The Kier molecular flexibility index (Phi) is 4.23. The van der Waals surface area contributed by atoms with Crippen molar-refractivity contribution in [3.05, 3.63) is 83.9 Å². The van der Waals surface area contributed by atoms with E-state index in [-0.39, 0.29) is 12.1 Å². The minimum absolute atomic E-state index is 0.0878. The maximum Gasteiger partial charge on any atom is 0.0947 e. The summed E-state index contributed by atoms with van der Waals surface area (Å²) in [6.07, 6.45) is 5.73. The number of terminal acetylenes is 1. The Morgan fingerprint density at radius 2 is 1.55 bits per heavy atom. The largest absolute Gasteiger partial charge is 0.293 e. The van der Waals surface area contributed by atoms with Crippen LogP contribution in [-0.4, -0.2) is 0 Å². The van der Waals surface area contributed by atoms with E-state index in [4.69, 9.17) is 6.42 Å². The Hall–Kier alpha value is -2.56. The fourth-order valence-corrected chi connectivity index (χ4v) is 2.85. The lowest BCUT2D eigenvalue weighted by Gasteiger charge is -2.21. The highest BCUT2D eigenvalue weighted by Crippen LogP contribution is 2.26. The van der Waals surface area contributed by atoms with E-state index in [1.807, 2.05) is 18.2 Å². The van der Waals surface area contributed by atoms with Crippen LogP contribution < -0.4 is 5.32 Å². The molecule has 0 aliphatic carbocycles. The molecule has 0 aromatic heterocycles. The van der Waals surface area contributed by atoms with Crippen molar-refractivity contribution in [3.63, 3.8) is 0 Å². The molecule has 2 unspecified atom stereocenters. The summed E-state index contributed by atoms with van der Waals surface area (Å²) in [5.41, 5.74) is 2.39. The molecular weight excluding hydrogens is 266 g/mol. The van der Waals surface area contributed by atoms with Gasteiger partial charge in [-0.3, -0.25) is 5.32 Å². The topological polar surface area (TPSA) is 12.0 Å². The third kappa shape index (κ3) is 2.88. The number of fused-ring (bicyclic) bond motifs is 1. The molecule has 22 heavy (non-hydrogen) atoms. The second kappa shape index (κ2) is 6.47. The van der Waals surface area contributed by atoms with Crippen LogP contribution >= 0.6 is 0 Å². The molecule has 0 aliphatic rings. The van der Waals surface area contributed by atoms with Gasteiger partial charge < -0.3 is 0 Å². The van der Waals surface area contributed by atoms with E-state index in [1.165, 1.54) is 16.3 Å². The summed E-state index contributed by atoms with van der Waals surface area (Å²) in [6, 6.07) is 25.1. The Bertz CT molecular complexity index is 794. The van der Waals surface area contributed by atoms with Crippen LogP contribution in [0.15, 0.2) is 72.8 Å². The highest BCUT2D eigenvalue weighted by molar-refractivity contribution is 5.86. The lowest BCUT2D eigenvalue weighted by molar-refractivity contribution is 0.540. The van der Waals surface area contributed by atoms with Crippen LogP contribution in [0.4, 0.5) is 0 Å². The first-order valence-corrected chi connectivity index (χ1v) is 7.54. The molecule has 0 aliphatic heterocycles. The van der Waals surface area contributed by atoms with Crippen molar-refractivity contribution < 1.29 is 0 Å². The molecule has 0 amide bonds. The first-order chi connectivity index (χ1) is 10.8. The zero-order chi connectivity index (χ0) is 15.4. The van der Waals surface area contributed by atoms with Crippen molar-refractivity contribution >= 4 is 10.8 Å². The van der Waals surface area contributed by atoms with E-state index in [0.717, 1.165) is 5.56 Å². The maximum atomic E-state index is 5.73. The molecule has 0 saturated carbocycles. The third-order valence-electron chi connectivity index (χ3n) is 4.01. The van der Waals surface area contributed by atoms with Gasteiger partial charge in [-0.15, -0.1) is 6.42 Å². The van der Waals surface area contributed by atoms with Gasteiger partial charge >= 0.3 is 0 Å². The molecule has 3 aromatic carbocycles. The Morgan fingerprint density at radius 1 is 0.864 bits per heavy atom. The van der Waals surface area contributed by atoms with Crippen molar-refractivity contribution in [3.8, 4) is 12.3 Å². The van der Waals surface area contributed by atoms with Crippen LogP contribution in [-0.2, 0) is 0 Å². The van der Waals surface area contributed by atoms with Gasteiger partial charge in [0.2, 0.25) is 0 Å². The number of rotatable bonds is 4. The average molecular weight is 285 g/mol. The zero-order valence-corrected chi connectivity index (χ0v) is 12.7. The Morgan fingerprint density at radius 3 is 2.32 bits per heavy atom. The number of hydrogen-bond donors (Lipinski definition) is 1. The normalized spacial score (nSPS) is 13.5. The summed E-state index contributed by atoms with van der Waals surface area (Å²) in [4.78, 5) is 0. The van der Waals surface area contributed by atoms with Crippen molar-refractivity contribution in [2.75, 3.05) is 0 Å². The number of nitrogens with one attached hydrogen (secondary N) is 1. The van der Waals surface area contributed by atoms with Gasteiger partial charge in [-0.2, -0.15) is 0 Å². The summed E-state index contributed by atoms with van der Waals surface area (Å²) >= 11 is 0. The van der Waals surface area contributed by atoms with Crippen LogP contribution in [0.2, 0.25) is 0 Å². The molecule has 0 spiro atoms. The summed E-state index contributed by atoms with van der Waals surface area (Å²) < 4.78 is 0. The van der Waals surface area contributed by atoms with Gasteiger partial charge in [0.25, 0.3) is 0 Å². The minimum atomic E-state index is -0.0878. The monoisotopic (exact) mass is 285 g/mol. The molecule has 0 bridgehead atoms. The van der Waals surface area contributed by atoms with Gasteiger partial charge in [0.15, 0.2) is 0 Å². The predicted molar refractivity (Wildman–Crippen MR) is 93.5 cm³/mol. The van der Waals surface area contributed by atoms with Gasteiger partial charge in [-0.1, -0.05) is 78.7 Å². The summed E-state index contributed by atoms with van der Waals surface area (Å²) in [6.45, 7) is 2.16. The Balaban J connectivity index is 1.90. The Labute approximate surface area is 132 Å². The molecule has 3 rings (SSSR count). The fourth-order valence-electron chi connectivity index (χ4n) is 2.85. The lowest BCUT2D eigenvalue weighted by Crippen LogP contribution is -2.23.